The number of carbonyl (C=O) groups excluding carboxylic acids is 1. The molecule has 5 rings (SSSR count). The molecule has 2 aliphatic heterocycles. The van der Waals surface area contributed by atoms with Gasteiger partial charge in [-0.1, -0.05) is 18.2 Å². The van der Waals surface area contributed by atoms with Crippen LogP contribution in [-0.2, 0) is 0 Å². The van der Waals surface area contributed by atoms with Crippen molar-refractivity contribution in [3.63, 3.8) is 0 Å². The molecule has 144 valence electrons. The highest BCUT2D eigenvalue weighted by molar-refractivity contribution is 5.95. The molecule has 3 aromatic rings. The zero-order valence-corrected chi connectivity index (χ0v) is 15.7. The van der Waals surface area contributed by atoms with Gasteiger partial charge in [-0.25, -0.2) is 4.98 Å². The second kappa shape index (κ2) is 6.72. The van der Waals surface area contributed by atoms with Crippen LogP contribution in [0, 0.1) is 5.92 Å². The van der Waals surface area contributed by atoms with Gasteiger partial charge in [0.15, 0.2) is 0 Å². The highest BCUT2D eigenvalue weighted by Crippen LogP contribution is 2.33. The number of nitrogens with one attached hydrogen (secondary N) is 2. The van der Waals surface area contributed by atoms with Gasteiger partial charge in [0.1, 0.15) is 0 Å². The molecule has 2 unspecified atom stereocenters. The average Bonchev–Trinajstić information content (AvgIpc) is 3.20. The lowest BCUT2D eigenvalue weighted by atomic mass is 9.76. The SMILES string of the molecule is O=C(c1ccc(-c2ccc3nc[nH]c3c2)cc1)N1CCC2(O)CCNCC2C1. The number of hydrogen-bond donors (Lipinski definition) is 3. The molecule has 2 aliphatic rings. The van der Waals surface area contributed by atoms with Crippen molar-refractivity contribution in [1.82, 2.24) is 20.2 Å². The number of fused-ring (bicyclic) bond motifs is 2. The molecule has 2 saturated heterocycles. The van der Waals surface area contributed by atoms with E-state index < -0.39 is 5.60 Å². The summed E-state index contributed by atoms with van der Waals surface area (Å²) < 4.78 is 0. The normalized spacial score (nSPS) is 24.9. The average molecular weight is 376 g/mol. The Hall–Kier alpha value is -2.70. The van der Waals surface area contributed by atoms with E-state index in [4.69, 9.17) is 0 Å². The standard InChI is InChI=1S/C22H24N4O2/c27-21(26-10-8-22(28)7-9-23-12-18(22)13-26)16-3-1-15(2-4-16)17-5-6-19-20(11-17)25-14-24-19/h1-6,11,14,18,23,28H,7-10,12-13H2,(H,24,25). The van der Waals surface area contributed by atoms with Crippen molar-refractivity contribution >= 4 is 16.9 Å². The van der Waals surface area contributed by atoms with Crippen molar-refractivity contribution in [1.29, 1.82) is 0 Å². The summed E-state index contributed by atoms with van der Waals surface area (Å²) in [6, 6.07) is 13.9. The second-order valence-corrected chi connectivity index (χ2v) is 7.97. The Morgan fingerprint density at radius 2 is 1.96 bits per heavy atom. The number of amides is 1. The lowest BCUT2D eigenvalue weighted by Gasteiger charge is -2.47. The summed E-state index contributed by atoms with van der Waals surface area (Å²) in [5.41, 5.74) is 4.18. The van der Waals surface area contributed by atoms with E-state index in [1.807, 2.05) is 41.3 Å². The van der Waals surface area contributed by atoms with Crippen molar-refractivity contribution in [3.05, 3.63) is 54.4 Å². The molecule has 2 atom stereocenters. The number of nitrogens with zero attached hydrogens (tertiary/aromatic N) is 2. The number of imidazole rings is 1. The lowest BCUT2D eigenvalue weighted by molar-refractivity contribution is -0.0817. The summed E-state index contributed by atoms with van der Waals surface area (Å²) in [5.74, 6) is 0.155. The van der Waals surface area contributed by atoms with Crippen LogP contribution in [0.5, 0.6) is 0 Å². The molecule has 1 aromatic heterocycles. The van der Waals surface area contributed by atoms with E-state index >= 15 is 0 Å². The van der Waals surface area contributed by atoms with Crippen molar-refractivity contribution in [3.8, 4) is 11.1 Å². The maximum atomic E-state index is 13.0. The first-order valence-electron chi connectivity index (χ1n) is 9.88. The third kappa shape index (κ3) is 2.99. The number of rotatable bonds is 2. The minimum atomic E-state index is -0.614. The van der Waals surface area contributed by atoms with E-state index in [9.17, 15) is 9.90 Å². The monoisotopic (exact) mass is 376 g/mol. The zero-order valence-electron chi connectivity index (χ0n) is 15.7. The first-order chi connectivity index (χ1) is 13.6. The first-order valence-corrected chi connectivity index (χ1v) is 9.88. The van der Waals surface area contributed by atoms with Gasteiger partial charge in [0.05, 0.1) is 23.0 Å². The number of benzene rings is 2. The summed E-state index contributed by atoms with van der Waals surface area (Å²) in [6.07, 6.45) is 3.13. The van der Waals surface area contributed by atoms with E-state index in [1.54, 1.807) is 6.33 Å². The summed E-state index contributed by atoms with van der Waals surface area (Å²) in [5, 5.41) is 14.1. The Balaban J connectivity index is 1.33. The fourth-order valence-electron chi connectivity index (χ4n) is 4.51. The van der Waals surface area contributed by atoms with Crippen LogP contribution in [0.2, 0.25) is 0 Å². The number of likely N-dealkylation sites (tertiary alicyclic amines) is 1. The number of aromatic amines is 1. The van der Waals surface area contributed by atoms with E-state index in [2.05, 4.69) is 21.4 Å². The Kier molecular flexibility index (Phi) is 4.18. The number of carbonyl (C=O) groups is 1. The Morgan fingerprint density at radius 1 is 1.14 bits per heavy atom. The largest absolute Gasteiger partial charge is 0.389 e. The van der Waals surface area contributed by atoms with Gasteiger partial charge in [-0.2, -0.15) is 0 Å². The summed E-state index contributed by atoms with van der Waals surface area (Å²) in [7, 11) is 0. The molecule has 0 spiro atoms. The molecular weight excluding hydrogens is 352 g/mol. The maximum Gasteiger partial charge on any atom is 0.253 e. The molecule has 28 heavy (non-hydrogen) atoms. The molecule has 2 aromatic carbocycles. The third-order valence-electron chi connectivity index (χ3n) is 6.31. The van der Waals surface area contributed by atoms with Crippen LogP contribution < -0.4 is 5.32 Å². The molecule has 3 heterocycles. The molecule has 3 N–H and O–H groups in total. The van der Waals surface area contributed by atoms with Crippen molar-refractivity contribution in [2.45, 2.75) is 18.4 Å². The van der Waals surface area contributed by atoms with Gasteiger partial charge in [-0.05, 0) is 54.8 Å². The summed E-state index contributed by atoms with van der Waals surface area (Å²) in [4.78, 5) is 22.2. The van der Waals surface area contributed by atoms with E-state index in [1.165, 1.54) is 0 Å². The van der Waals surface area contributed by atoms with Gasteiger partial charge in [0, 0.05) is 31.1 Å². The highest BCUT2D eigenvalue weighted by Gasteiger charge is 2.43. The van der Waals surface area contributed by atoms with Gasteiger partial charge in [-0.3, -0.25) is 4.79 Å². The van der Waals surface area contributed by atoms with Gasteiger partial charge in [0.2, 0.25) is 0 Å². The Morgan fingerprint density at radius 3 is 2.82 bits per heavy atom. The smallest absolute Gasteiger partial charge is 0.253 e. The number of aliphatic hydroxyl groups is 1. The van der Waals surface area contributed by atoms with E-state index in [-0.39, 0.29) is 11.8 Å². The molecule has 0 radical (unpaired) electrons. The zero-order chi connectivity index (χ0) is 19.1. The maximum absolute atomic E-state index is 13.0. The Bertz CT molecular complexity index is 1010. The Labute approximate surface area is 163 Å². The van der Waals surface area contributed by atoms with E-state index in [0.717, 1.165) is 41.7 Å². The third-order valence-corrected chi connectivity index (χ3v) is 6.31. The van der Waals surface area contributed by atoms with Crippen LogP contribution in [0.3, 0.4) is 0 Å². The topological polar surface area (TPSA) is 81.2 Å². The number of aromatic nitrogens is 2. The van der Waals surface area contributed by atoms with Crippen molar-refractivity contribution in [2.75, 3.05) is 26.2 Å². The van der Waals surface area contributed by atoms with E-state index in [0.29, 0.717) is 25.1 Å². The molecule has 1 amide bonds. The minimum Gasteiger partial charge on any atom is -0.389 e. The van der Waals surface area contributed by atoms with Gasteiger partial charge >= 0.3 is 0 Å². The van der Waals surface area contributed by atoms with Crippen LogP contribution in [-0.4, -0.2) is 57.7 Å². The molecular formula is C22H24N4O2. The molecule has 2 fully saturated rings. The van der Waals surface area contributed by atoms with Crippen LogP contribution in [0.15, 0.2) is 48.8 Å². The van der Waals surface area contributed by atoms with Gasteiger partial charge < -0.3 is 20.3 Å². The van der Waals surface area contributed by atoms with Crippen molar-refractivity contribution < 1.29 is 9.90 Å². The first kappa shape index (κ1) is 17.4. The summed E-state index contributed by atoms with van der Waals surface area (Å²) >= 11 is 0. The molecule has 0 bridgehead atoms. The minimum absolute atomic E-state index is 0.0446. The fourth-order valence-corrected chi connectivity index (χ4v) is 4.51. The van der Waals surface area contributed by atoms with Crippen LogP contribution in [0.1, 0.15) is 23.2 Å². The van der Waals surface area contributed by atoms with Crippen LogP contribution in [0.25, 0.3) is 22.2 Å². The fraction of sp³-hybridized carbons (Fsp3) is 0.364. The number of hydrogen-bond acceptors (Lipinski definition) is 4. The van der Waals surface area contributed by atoms with Crippen molar-refractivity contribution in [2.24, 2.45) is 5.92 Å². The molecule has 6 nitrogen and oxygen atoms in total. The highest BCUT2D eigenvalue weighted by atomic mass is 16.3. The van der Waals surface area contributed by atoms with Crippen LogP contribution >= 0.6 is 0 Å². The molecule has 0 saturated carbocycles. The predicted octanol–water partition coefficient (Wildman–Crippen LogP) is 2.42. The number of H-pyrrole nitrogens is 1. The van der Waals surface area contributed by atoms with Gasteiger partial charge in [0.25, 0.3) is 5.91 Å². The predicted molar refractivity (Wildman–Crippen MR) is 108 cm³/mol. The van der Waals surface area contributed by atoms with Gasteiger partial charge in [-0.15, -0.1) is 0 Å². The summed E-state index contributed by atoms with van der Waals surface area (Å²) in [6.45, 7) is 2.85. The number of piperidine rings is 2. The molecule has 0 aliphatic carbocycles. The molecule has 6 heteroatoms. The lowest BCUT2D eigenvalue weighted by Crippen LogP contribution is -2.59. The quantitative estimate of drug-likeness (QED) is 0.642. The van der Waals surface area contributed by atoms with Crippen LogP contribution in [0.4, 0.5) is 0 Å². The second-order valence-electron chi connectivity index (χ2n) is 7.97.